The van der Waals surface area contributed by atoms with Crippen molar-refractivity contribution in [2.45, 2.75) is 24.4 Å². The minimum absolute atomic E-state index is 0.229. The molecule has 4 rings (SSSR count). The summed E-state index contributed by atoms with van der Waals surface area (Å²) < 4.78 is 18.9. The van der Waals surface area contributed by atoms with E-state index >= 15 is 0 Å². The summed E-state index contributed by atoms with van der Waals surface area (Å²) in [5, 5.41) is 11.3. The van der Waals surface area contributed by atoms with Gasteiger partial charge in [-0.15, -0.1) is 0 Å². The van der Waals surface area contributed by atoms with Gasteiger partial charge in [0.25, 0.3) is 0 Å². The number of aliphatic imine (C=N–C) groups is 1. The second-order valence-electron chi connectivity index (χ2n) is 8.47. The number of nitrogens with zero attached hydrogens (tertiary/aromatic N) is 2. The van der Waals surface area contributed by atoms with Crippen LogP contribution in [0.1, 0.15) is 16.7 Å². The van der Waals surface area contributed by atoms with Crippen LogP contribution in [-0.2, 0) is 19.5 Å². The minimum atomic E-state index is -0.268. The van der Waals surface area contributed by atoms with Gasteiger partial charge in [-0.1, -0.05) is 65.8 Å². The smallest absolute Gasteiger partial charge is 0.164 e. The van der Waals surface area contributed by atoms with Crippen LogP contribution < -0.4 is 4.74 Å². The maximum Gasteiger partial charge on any atom is 0.164 e. The van der Waals surface area contributed by atoms with Crippen LogP contribution >= 0.6 is 23.4 Å². The Morgan fingerprint density at radius 1 is 0.919 bits per heavy atom. The molecule has 0 spiro atoms. The highest BCUT2D eigenvalue weighted by molar-refractivity contribution is 8.13. The number of hydrogen-bond donors (Lipinski definition) is 1. The summed E-state index contributed by atoms with van der Waals surface area (Å²) in [4.78, 5) is 8.22. The Bertz CT molecular complexity index is 1310. The summed E-state index contributed by atoms with van der Waals surface area (Å²) in [6.45, 7) is 1.73. The summed E-state index contributed by atoms with van der Waals surface area (Å²) in [5.41, 5.74) is 3.14. The molecule has 1 N–H and O–H groups in total. The Morgan fingerprint density at radius 2 is 1.59 bits per heavy atom. The zero-order valence-electron chi connectivity index (χ0n) is 20.5. The molecule has 0 aromatic heterocycles. The summed E-state index contributed by atoms with van der Waals surface area (Å²) in [6.07, 6.45) is 0.795. The molecule has 0 saturated carbocycles. The number of rotatable bonds is 9. The molecule has 0 radical (unpaired) electrons. The highest BCUT2D eigenvalue weighted by Gasteiger charge is 2.15. The minimum Gasteiger partial charge on any atom is -0.508 e. The molecule has 0 heterocycles. The van der Waals surface area contributed by atoms with Crippen molar-refractivity contribution in [2.75, 3.05) is 13.7 Å². The van der Waals surface area contributed by atoms with Crippen molar-refractivity contribution >= 4 is 28.5 Å². The predicted octanol–water partition coefficient (Wildman–Crippen LogP) is 7.59. The predicted molar refractivity (Wildman–Crippen MR) is 150 cm³/mol. The molecule has 0 fully saturated rings. The Balaban J connectivity index is 1.65. The summed E-state index contributed by atoms with van der Waals surface area (Å²) in [6, 6.07) is 29.4. The van der Waals surface area contributed by atoms with E-state index < -0.39 is 0 Å². The van der Waals surface area contributed by atoms with E-state index in [4.69, 9.17) is 21.3 Å². The van der Waals surface area contributed by atoms with Crippen LogP contribution in [0.15, 0.2) is 107 Å². The van der Waals surface area contributed by atoms with E-state index in [1.807, 2.05) is 60.7 Å². The molecule has 0 amide bonds. The molecule has 0 unspecified atom stereocenters. The number of ether oxygens (including phenoxy) is 1. The monoisotopic (exact) mass is 534 g/mol. The Kier molecular flexibility index (Phi) is 9.46. The number of phenols is 1. The number of amidine groups is 1. The van der Waals surface area contributed by atoms with E-state index in [9.17, 15) is 9.50 Å². The van der Waals surface area contributed by atoms with Crippen molar-refractivity contribution < 1.29 is 14.2 Å². The van der Waals surface area contributed by atoms with Crippen molar-refractivity contribution in [3.8, 4) is 11.5 Å². The Labute approximate surface area is 226 Å². The third-order valence-electron chi connectivity index (χ3n) is 5.72. The normalized spacial score (nSPS) is 11.4. The third-order valence-corrected chi connectivity index (χ3v) is 7.04. The second kappa shape index (κ2) is 13.2. The van der Waals surface area contributed by atoms with Gasteiger partial charge in [-0.25, -0.2) is 4.39 Å². The fraction of sp³-hybridized carbons (Fsp3) is 0.167. The van der Waals surface area contributed by atoms with E-state index in [0.29, 0.717) is 24.7 Å². The van der Waals surface area contributed by atoms with E-state index in [0.717, 1.165) is 33.4 Å². The molecule has 0 bridgehead atoms. The van der Waals surface area contributed by atoms with Crippen molar-refractivity contribution in [2.24, 2.45) is 4.99 Å². The van der Waals surface area contributed by atoms with Gasteiger partial charge in [0.1, 0.15) is 17.3 Å². The van der Waals surface area contributed by atoms with E-state index in [2.05, 4.69) is 4.90 Å². The van der Waals surface area contributed by atoms with Gasteiger partial charge >= 0.3 is 0 Å². The quantitative estimate of drug-likeness (QED) is 0.136. The highest BCUT2D eigenvalue weighted by atomic mass is 35.5. The molecule has 0 atom stereocenters. The number of halogens is 2. The maximum atomic E-state index is 13.4. The topological polar surface area (TPSA) is 45.1 Å². The van der Waals surface area contributed by atoms with Crippen LogP contribution in [0.3, 0.4) is 0 Å². The number of phenolic OH excluding ortho intramolecular Hbond substituents is 1. The van der Waals surface area contributed by atoms with Gasteiger partial charge in [0.05, 0.1) is 13.7 Å². The fourth-order valence-corrected chi connectivity index (χ4v) is 4.77. The lowest BCUT2D eigenvalue weighted by Gasteiger charge is -2.26. The van der Waals surface area contributed by atoms with Gasteiger partial charge < -0.3 is 14.7 Å². The van der Waals surface area contributed by atoms with Gasteiger partial charge in [-0.05, 0) is 77.7 Å². The maximum absolute atomic E-state index is 13.4. The first-order valence-corrected chi connectivity index (χ1v) is 13.1. The molecule has 0 aliphatic carbocycles. The molecular formula is C30H28ClFN2O2S. The number of methoxy groups -OCH3 is 1. The molecule has 7 heteroatoms. The first-order valence-electron chi connectivity index (χ1n) is 11.9. The number of thioether (sulfide) groups is 1. The van der Waals surface area contributed by atoms with Gasteiger partial charge in [-0.3, -0.25) is 4.99 Å². The summed E-state index contributed by atoms with van der Waals surface area (Å²) >= 11 is 7.64. The van der Waals surface area contributed by atoms with Gasteiger partial charge in [0.2, 0.25) is 0 Å². The molecule has 4 aromatic rings. The van der Waals surface area contributed by atoms with E-state index in [-0.39, 0.29) is 11.6 Å². The lowest BCUT2D eigenvalue weighted by molar-refractivity contribution is 0.413. The number of hydrogen-bond acceptors (Lipinski definition) is 4. The average Bonchev–Trinajstić information content (AvgIpc) is 2.92. The largest absolute Gasteiger partial charge is 0.508 e. The zero-order chi connectivity index (χ0) is 26.0. The van der Waals surface area contributed by atoms with Crippen LogP contribution in [0.4, 0.5) is 4.39 Å². The first-order chi connectivity index (χ1) is 18.0. The molecule has 4 aromatic carbocycles. The Hall–Kier alpha value is -3.48. The fourth-order valence-electron chi connectivity index (χ4n) is 3.69. The molecule has 0 saturated heterocycles. The Morgan fingerprint density at radius 3 is 2.30 bits per heavy atom. The van der Waals surface area contributed by atoms with Crippen molar-refractivity contribution in [3.05, 3.63) is 125 Å². The van der Waals surface area contributed by atoms with E-state index in [1.165, 1.54) is 17.7 Å². The van der Waals surface area contributed by atoms with Crippen LogP contribution in [0.5, 0.6) is 11.5 Å². The standard InChI is InChI=1S/C30H28ClFN2O2S/c1-36-28-3-2-4-29(19-28)37-30(33-20-23-7-13-26(32)14-8-23)34(21-24-9-15-27(35)16-10-24)18-17-22-5-11-25(31)12-6-22/h2-16,19,35H,17-18,20-21H2,1H3. The van der Waals surface area contributed by atoms with Gasteiger partial charge in [0.15, 0.2) is 5.17 Å². The van der Waals surface area contributed by atoms with Crippen molar-refractivity contribution in [1.29, 1.82) is 0 Å². The molecule has 4 nitrogen and oxygen atoms in total. The lowest BCUT2D eigenvalue weighted by atomic mass is 10.1. The first kappa shape index (κ1) is 26.6. The molecule has 190 valence electrons. The van der Waals surface area contributed by atoms with Crippen LogP contribution in [0.25, 0.3) is 0 Å². The van der Waals surface area contributed by atoms with Crippen LogP contribution in [0, 0.1) is 5.82 Å². The highest BCUT2D eigenvalue weighted by Crippen LogP contribution is 2.27. The molecule has 0 aliphatic heterocycles. The summed E-state index contributed by atoms with van der Waals surface area (Å²) in [5.74, 6) is 0.734. The van der Waals surface area contributed by atoms with Crippen LogP contribution in [0.2, 0.25) is 5.02 Å². The molecular weight excluding hydrogens is 507 g/mol. The van der Waals surface area contributed by atoms with E-state index in [1.54, 1.807) is 43.1 Å². The average molecular weight is 535 g/mol. The second-order valence-corrected chi connectivity index (χ2v) is 9.95. The zero-order valence-corrected chi connectivity index (χ0v) is 22.1. The van der Waals surface area contributed by atoms with Crippen LogP contribution in [-0.4, -0.2) is 28.8 Å². The third kappa shape index (κ3) is 8.27. The van der Waals surface area contributed by atoms with Gasteiger partial charge in [-0.2, -0.15) is 0 Å². The van der Waals surface area contributed by atoms with Crippen molar-refractivity contribution in [1.82, 2.24) is 4.90 Å². The number of benzene rings is 4. The van der Waals surface area contributed by atoms with Crippen molar-refractivity contribution in [3.63, 3.8) is 0 Å². The lowest BCUT2D eigenvalue weighted by Crippen LogP contribution is -2.31. The summed E-state index contributed by atoms with van der Waals surface area (Å²) in [7, 11) is 1.65. The SMILES string of the molecule is COc1cccc(SC(=NCc2ccc(F)cc2)N(CCc2ccc(Cl)cc2)Cc2ccc(O)cc2)c1. The number of aromatic hydroxyl groups is 1. The van der Waals surface area contributed by atoms with Gasteiger partial charge in [0, 0.05) is 23.0 Å². The molecule has 37 heavy (non-hydrogen) atoms. The molecule has 0 aliphatic rings.